The Kier molecular flexibility index (Phi) is 4.67. The lowest BCUT2D eigenvalue weighted by Gasteiger charge is -2.43. The third kappa shape index (κ3) is 2.81. The Bertz CT molecular complexity index is 794. The topological polar surface area (TPSA) is 73.0 Å². The molecule has 1 N–H and O–H groups in total. The number of carbonyl (C=O) groups excluding carboxylic acids is 3. The van der Waals surface area contributed by atoms with Gasteiger partial charge in [-0.25, -0.2) is 9.18 Å². The number of imide groups is 1. The Balaban J connectivity index is 1.92. The average Bonchev–Trinajstić information content (AvgIpc) is 3.00. The predicted octanol–water partition coefficient (Wildman–Crippen LogP) is 1.84. The molecule has 0 saturated carbocycles. The van der Waals surface area contributed by atoms with Crippen LogP contribution in [0.5, 0.6) is 0 Å². The van der Waals surface area contributed by atoms with E-state index in [1.165, 1.54) is 30.1 Å². The summed E-state index contributed by atoms with van der Waals surface area (Å²) in [6, 6.07) is 5.46. The van der Waals surface area contributed by atoms with Gasteiger partial charge in [0.15, 0.2) is 0 Å². The highest BCUT2D eigenvalue weighted by Gasteiger charge is 2.50. The third-order valence-corrected chi connectivity index (χ3v) is 4.71. The van der Waals surface area contributed by atoms with Crippen molar-refractivity contribution < 1.29 is 18.8 Å². The zero-order chi connectivity index (χ0) is 19.0. The smallest absolute Gasteiger partial charge is 0.327 e. The molecule has 2 heterocycles. The second kappa shape index (κ2) is 6.78. The Morgan fingerprint density at radius 2 is 1.92 bits per heavy atom. The Morgan fingerprint density at radius 3 is 2.58 bits per heavy atom. The van der Waals surface area contributed by atoms with Crippen LogP contribution in [0.4, 0.5) is 14.9 Å². The number of nitrogens with one attached hydrogen (secondary N) is 1. The summed E-state index contributed by atoms with van der Waals surface area (Å²) in [6.45, 7) is 2.44. The number of hydrogen-bond donors (Lipinski definition) is 1. The molecular formula is C18H21FN4O3. The monoisotopic (exact) mass is 360 g/mol. The van der Waals surface area contributed by atoms with Crippen LogP contribution in [0.25, 0.3) is 0 Å². The van der Waals surface area contributed by atoms with Gasteiger partial charge in [0, 0.05) is 20.6 Å². The van der Waals surface area contributed by atoms with Gasteiger partial charge in [0.2, 0.25) is 5.91 Å². The summed E-state index contributed by atoms with van der Waals surface area (Å²) in [7, 11) is 3.03. The standard InChI is InChI=1S/C18H21FN4O3/c1-4-9-23-14(15(24)20-13-8-6-5-7-12(13)19)10-11-16(23)21(2)18(26)22(3)17(11)25/h5-8,10-11,16H,4,9H2,1-3H3,(H,20,24). The van der Waals surface area contributed by atoms with Crippen molar-refractivity contribution >= 4 is 23.5 Å². The highest BCUT2D eigenvalue weighted by Crippen LogP contribution is 2.35. The summed E-state index contributed by atoms with van der Waals surface area (Å²) in [5.74, 6) is -2.03. The van der Waals surface area contributed by atoms with Gasteiger partial charge in [-0.15, -0.1) is 0 Å². The van der Waals surface area contributed by atoms with Crippen molar-refractivity contribution in [2.45, 2.75) is 19.5 Å². The first-order valence-electron chi connectivity index (χ1n) is 8.45. The van der Waals surface area contributed by atoms with E-state index in [-0.39, 0.29) is 17.3 Å². The number of nitrogens with zero attached hydrogens (tertiary/aromatic N) is 3. The van der Waals surface area contributed by atoms with Gasteiger partial charge in [0.1, 0.15) is 17.7 Å². The number of fused-ring (bicyclic) bond motifs is 1. The molecule has 0 radical (unpaired) electrons. The van der Waals surface area contributed by atoms with Gasteiger partial charge in [0.25, 0.3) is 5.91 Å². The fourth-order valence-corrected chi connectivity index (χ4v) is 3.45. The summed E-state index contributed by atoms with van der Waals surface area (Å²) < 4.78 is 13.8. The van der Waals surface area contributed by atoms with Crippen molar-refractivity contribution in [3.63, 3.8) is 0 Å². The molecular weight excluding hydrogens is 339 g/mol. The minimum Gasteiger partial charge on any atom is -0.346 e. The van der Waals surface area contributed by atoms with Crippen molar-refractivity contribution in [2.75, 3.05) is 26.0 Å². The molecule has 3 rings (SSSR count). The second-order valence-electron chi connectivity index (χ2n) is 6.41. The zero-order valence-electron chi connectivity index (χ0n) is 14.9. The van der Waals surface area contributed by atoms with Gasteiger partial charge in [0.05, 0.1) is 11.6 Å². The van der Waals surface area contributed by atoms with Crippen LogP contribution in [0.15, 0.2) is 36.0 Å². The molecule has 1 fully saturated rings. The van der Waals surface area contributed by atoms with Crippen molar-refractivity contribution in [3.8, 4) is 0 Å². The lowest BCUT2D eigenvalue weighted by Crippen LogP contribution is -2.62. The predicted molar refractivity (Wildman–Crippen MR) is 93.3 cm³/mol. The van der Waals surface area contributed by atoms with Crippen LogP contribution in [0.2, 0.25) is 0 Å². The first-order valence-corrected chi connectivity index (χ1v) is 8.45. The van der Waals surface area contributed by atoms with Crippen LogP contribution >= 0.6 is 0 Å². The first kappa shape index (κ1) is 17.9. The first-order chi connectivity index (χ1) is 12.4. The molecule has 2 unspecified atom stereocenters. The van der Waals surface area contributed by atoms with E-state index in [9.17, 15) is 18.8 Å². The molecule has 0 aromatic heterocycles. The van der Waals surface area contributed by atoms with Gasteiger partial charge in [-0.3, -0.25) is 14.5 Å². The van der Waals surface area contributed by atoms with Gasteiger partial charge in [-0.05, 0) is 24.6 Å². The number of amides is 4. The average molecular weight is 360 g/mol. The molecule has 0 spiro atoms. The van der Waals surface area contributed by atoms with E-state index >= 15 is 0 Å². The quantitative estimate of drug-likeness (QED) is 0.889. The lowest BCUT2D eigenvalue weighted by molar-refractivity contribution is -0.137. The molecule has 7 nitrogen and oxygen atoms in total. The van der Waals surface area contributed by atoms with Crippen LogP contribution in [0.3, 0.4) is 0 Å². The van der Waals surface area contributed by atoms with Crippen LogP contribution < -0.4 is 5.32 Å². The van der Waals surface area contributed by atoms with Crippen LogP contribution in [0, 0.1) is 11.7 Å². The van der Waals surface area contributed by atoms with Crippen molar-refractivity contribution in [1.29, 1.82) is 0 Å². The summed E-state index contributed by atoms with van der Waals surface area (Å²) in [5.41, 5.74) is 0.339. The highest BCUT2D eigenvalue weighted by molar-refractivity contribution is 6.06. The minimum absolute atomic E-state index is 0.0672. The molecule has 1 aromatic carbocycles. The van der Waals surface area contributed by atoms with Crippen LogP contribution in [-0.2, 0) is 9.59 Å². The lowest BCUT2D eigenvalue weighted by atomic mass is 10.0. The molecule has 0 aliphatic carbocycles. The van der Waals surface area contributed by atoms with Gasteiger partial charge in [-0.1, -0.05) is 19.1 Å². The van der Waals surface area contributed by atoms with Crippen molar-refractivity contribution in [3.05, 3.63) is 41.9 Å². The minimum atomic E-state index is -0.629. The number of urea groups is 1. The number of anilines is 1. The molecule has 2 atom stereocenters. The summed E-state index contributed by atoms with van der Waals surface area (Å²) in [6.07, 6.45) is 1.74. The summed E-state index contributed by atoms with van der Waals surface area (Å²) in [5, 5.41) is 2.55. The van der Waals surface area contributed by atoms with E-state index in [1.807, 2.05) is 6.92 Å². The van der Waals surface area contributed by atoms with Crippen molar-refractivity contribution in [2.24, 2.45) is 5.92 Å². The van der Waals surface area contributed by atoms with Gasteiger partial charge >= 0.3 is 6.03 Å². The number of carbonyl (C=O) groups is 3. The molecule has 0 bridgehead atoms. The maximum atomic E-state index is 13.8. The van der Waals surface area contributed by atoms with E-state index in [0.717, 1.165) is 11.3 Å². The number of rotatable bonds is 4. The van der Waals surface area contributed by atoms with Gasteiger partial charge in [-0.2, -0.15) is 0 Å². The number of hydrogen-bond acceptors (Lipinski definition) is 4. The van der Waals surface area contributed by atoms with Crippen molar-refractivity contribution in [1.82, 2.24) is 14.7 Å². The molecule has 2 aliphatic rings. The number of benzene rings is 1. The molecule has 26 heavy (non-hydrogen) atoms. The molecule has 1 saturated heterocycles. The molecule has 8 heteroatoms. The summed E-state index contributed by atoms with van der Waals surface area (Å²) >= 11 is 0. The van der Waals surface area contributed by atoms with E-state index < -0.39 is 29.8 Å². The SMILES string of the molecule is CCCN1C(C(=O)Nc2ccccc2F)=CC2C(=O)N(C)C(=O)N(C)C21. The maximum Gasteiger partial charge on any atom is 0.327 e. The maximum absolute atomic E-state index is 13.8. The fourth-order valence-electron chi connectivity index (χ4n) is 3.45. The van der Waals surface area contributed by atoms with E-state index in [4.69, 9.17) is 0 Å². The fraction of sp³-hybridized carbons (Fsp3) is 0.389. The Hall–Kier alpha value is -2.90. The molecule has 4 amide bonds. The zero-order valence-corrected chi connectivity index (χ0v) is 14.9. The third-order valence-electron chi connectivity index (χ3n) is 4.71. The van der Waals surface area contributed by atoms with Crippen LogP contribution in [0.1, 0.15) is 13.3 Å². The molecule has 1 aromatic rings. The molecule has 2 aliphatic heterocycles. The van der Waals surface area contributed by atoms with Gasteiger partial charge < -0.3 is 15.1 Å². The van der Waals surface area contributed by atoms with E-state index in [2.05, 4.69) is 5.32 Å². The number of halogens is 1. The van der Waals surface area contributed by atoms with E-state index in [0.29, 0.717) is 6.54 Å². The number of para-hydroxylation sites is 1. The molecule has 138 valence electrons. The Morgan fingerprint density at radius 1 is 1.23 bits per heavy atom. The highest BCUT2D eigenvalue weighted by atomic mass is 19.1. The summed E-state index contributed by atoms with van der Waals surface area (Å²) in [4.78, 5) is 41.8. The second-order valence-corrected chi connectivity index (χ2v) is 6.41. The normalized spacial score (nSPS) is 22.5. The Labute approximate surface area is 151 Å². The van der Waals surface area contributed by atoms with E-state index in [1.54, 1.807) is 24.1 Å². The largest absolute Gasteiger partial charge is 0.346 e. The van der Waals surface area contributed by atoms with Crippen LogP contribution in [-0.4, -0.2) is 59.4 Å².